The lowest BCUT2D eigenvalue weighted by atomic mass is 10.1. The Morgan fingerprint density at radius 1 is 0.470 bits per heavy atom. The molecule has 5 amide bonds. The van der Waals surface area contributed by atoms with Crippen molar-refractivity contribution in [3.05, 3.63) is 282 Å². The number of aryl methyl sites for hydroxylation is 1. The molecule has 44 heteroatoms. The highest BCUT2D eigenvalue weighted by molar-refractivity contribution is 6.19. The van der Waals surface area contributed by atoms with E-state index in [1.165, 1.54) is 69.2 Å². The number of anilines is 3. The third-order valence-corrected chi connectivity index (χ3v) is 16.9. The summed E-state index contributed by atoms with van der Waals surface area (Å²) in [6.07, 6.45) is 4.59. The molecule has 0 radical (unpaired) electrons. The summed E-state index contributed by atoms with van der Waals surface area (Å²) >= 11 is 0. The van der Waals surface area contributed by atoms with Crippen molar-refractivity contribution in [3.63, 3.8) is 0 Å². The molecular weight excluding hydrogens is 1730 g/mol. The summed E-state index contributed by atoms with van der Waals surface area (Å²) in [6.45, 7) is 27.7. The Morgan fingerprint density at radius 2 is 0.879 bits per heavy atom. The molecule has 0 fully saturated rings. The lowest BCUT2D eigenvalue weighted by molar-refractivity contribution is -0.385. The number of amides is 5. The Balaban J connectivity index is 0.000000186. The van der Waals surface area contributed by atoms with Crippen LogP contribution in [0.25, 0.3) is 33.7 Å². The highest BCUT2D eigenvalue weighted by Crippen LogP contribution is 2.37. The number of amidine groups is 2. The van der Waals surface area contributed by atoms with Crippen molar-refractivity contribution >= 4 is 93.4 Å². The van der Waals surface area contributed by atoms with Crippen molar-refractivity contribution in [1.82, 2.24) is 53.8 Å². The fraction of sp³-hybridized carbons (Fsp3) is 0.261. The second kappa shape index (κ2) is 41.1. The van der Waals surface area contributed by atoms with Crippen LogP contribution in [0, 0.1) is 83.2 Å². The average molecular weight is 1820 g/mol. The molecule has 5 N–H and O–H groups in total. The van der Waals surface area contributed by atoms with E-state index in [2.05, 4.69) is 40.8 Å². The molecule has 12 aromatic rings. The molecule has 0 spiro atoms. The molecule has 7 aromatic carbocycles. The van der Waals surface area contributed by atoms with E-state index < -0.39 is 108 Å². The van der Waals surface area contributed by atoms with Gasteiger partial charge in [-0.3, -0.25) is 45.6 Å². The molecule has 0 saturated heterocycles. The van der Waals surface area contributed by atoms with E-state index in [4.69, 9.17) is 50.4 Å². The van der Waals surface area contributed by atoms with Gasteiger partial charge in [0.25, 0.3) is 0 Å². The van der Waals surface area contributed by atoms with E-state index >= 15 is 0 Å². The van der Waals surface area contributed by atoms with Crippen LogP contribution in [-0.2, 0) is 36.8 Å². The summed E-state index contributed by atoms with van der Waals surface area (Å²) in [5, 5.41) is 72.2. The number of fused-ring (bicyclic) bond motifs is 3. The molecule has 132 heavy (non-hydrogen) atoms. The number of ether oxygens (including phenoxy) is 6. The molecule has 0 atom stereocenters. The number of nitrogen functional groups attached to an aromatic ring is 1. The molecule has 2 aliphatic heterocycles. The third kappa shape index (κ3) is 26.1. The Labute approximate surface area is 749 Å². The molecular formula is C88H88F4N22O18. The van der Waals surface area contributed by atoms with E-state index in [9.17, 15) is 76.7 Å². The standard InChI is InChI=1S/C25H34N6O6.C21H25N5O6.C14H12FNO2.C11H9N5O2.C10H5FN4O2.C7H3F2N/c1-23(2,3)35-20(32)30(21(33)36-24(4,5)6)19-18-16(29-14-15(26)13-27-29)11-10-12-17(18)31(28-19)22(34)37-25(7,8)9;1-20(2,3)31-18(27)25(19(28)32-21(4,5)6)17-16-13(10-22-17)8-7-9-15(16)24-12-14(11-23-24)26(29)30;1-10-7-8-12(15)13(9-10)16-14(17)18-11-5-3-2-4-6-11;12-11-10-7(4-13-11)2-1-3-9(10)15-6-8(5-14-15)16(17)18;11-9-2-1-3-10(8(9)4-12)14-6-7(5-13-14)15(16)17;8-6-2-1-3-7(9)5(6)4-10/h10-14H,26H2,1-9H3;7-9,11-12H,10H2,1-6H3;2-9H,1H3,(H,16,17);1-3,5-6H,4H2,(H2,12,13);1-3,5-6H;1-3H. The van der Waals surface area contributed by atoms with Gasteiger partial charge in [-0.2, -0.15) is 45.4 Å². The highest BCUT2D eigenvalue weighted by Gasteiger charge is 2.41. The zero-order valence-electron chi connectivity index (χ0n) is 73.8. The number of rotatable bonds is 10. The number of nitriles is 2. The van der Waals surface area contributed by atoms with Gasteiger partial charge in [0.1, 0.15) is 123 Å². The first-order chi connectivity index (χ1) is 61.8. The molecule has 40 nitrogen and oxygen atoms in total. The lowest BCUT2D eigenvalue weighted by Crippen LogP contribution is -2.47. The van der Waals surface area contributed by atoms with E-state index in [1.54, 1.807) is 189 Å². The summed E-state index contributed by atoms with van der Waals surface area (Å²) in [7, 11) is 0. The van der Waals surface area contributed by atoms with Gasteiger partial charge in [-0.15, -0.1) is 5.10 Å². The topological polar surface area (TPSA) is 519 Å². The third-order valence-electron chi connectivity index (χ3n) is 16.9. The second-order valence-corrected chi connectivity index (χ2v) is 33.1. The molecule has 0 saturated carbocycles. The quantitative estimate of drug-likeness (QED) is 0.0495. The van der Waals surface area contributed by atoms with E-state index in [0.717, 1.165) is 67.7 Å². The number of carbonyl (C=O) groups excluding carboxylic acids is 6. The van der Waals surface area contributed by atoms with Crippen molar-refractivity contribution in [2.24, 2.45) is 15.7 Å². The molecule has 0 aliphatic carbocycles. The van der Waals surface area contributed by atoms with Gasteiger partial charge in [-0.25, -0.2) is 65.1 Å². The predicted molar refractivity (Wildman–Crippen MR) is 470 cm³/mol. The largest absolute Gasteiger partial charge is 0.443 e. The SMILES string of the molecule is CC(C)(C)OC(=O)N(C(=O)OC(C)(C)C)C1=NCc2cccc(-n3cc([N+](=O)[O-])cn3)c21.CC(C)(C)OC(=O)N(C(=O)OC(C)(C)C)c1nn(C(=O)OC(C)(C)C)c2cccc(-n3cc(N)cn3)c12.Cc1ccc(F)c(NC(=O)Oc2ccccc2)c1.N#Cc1c(F)cccc1-n1cc([N+](=O)[O-])cn1.N#Cc1c(F)cccc1F.NC1=NCc2cccc(-n3cc([N+](=O)[O-])cn3)c21. The van der Waals surface area contributed by atoms with Crippen LogP contribution in [0.4, 0.5) is 80.6 Å². The van der Waals surface area contributed by atoms with Gasteiger partial charge in [-0.05, 0) is 200 Å². The number of hydrogen-bond acceptors (Lipinski definition) is 29. The van der Waals surface area contributed by atoms with Gasteiger partial charge in [0, 0.05) is 11.1 Å². The molecule has 0 bridgehead atoms. The zero-order chi connectivity index (χ0) is 97.4. The van der Waals surface area contributed by atoms with Crippen LogP contribution >= 0.6 is 0 Å². The van der Waals surface area contributed by atoms with Crippen LogP contribution in [0.1, 0.15) is 143 Å². The molecule has 0 unspecified atom stereocenters. The van der Waals surface area contributed by atoms with Gasteiger partial charge in [0.15, 0.2) is 11.7 Å². The summed E-state index contributed by atoms with van der Waals surface area (Å²) in [5.41, 5.74) is 12.3. The first kappa shape index (κ1) is 98.7. The number of nitrogens with two attached hydrogens (primary N) is 2. The van der Waals surface area contributed by atoms with Crippen LogP contribution in [-0.4, -0.2) is 145 Å². The van der Waals surface area contributed by atoms with Gasteiger partial charge >= 0.3 is 53.6 Å². The van der Waals surface area contributed by atoms with Crippen molar-refractivity contribution in [3.8, 4) is 40.6 Å². The molecule has 5 aromatic heterocycles. The van der Waals surface area contributed by atoms with Crippen molar-refractivity contribution in [1.29, 1.82) is 10.5 Å². The van der Waals surface area contributed by atoms with Crippen molar-refractivity contribution < 1.29 is 89.5 Å². The Bertz CT molecular complexity index is 6450. The maximum Gasteiger partial charge on any atom is 0.435 e. The number of nitrogens with zero attached hydrogens (tertiary/aromatic N) is 19. The van der Waals surface area contributed by atoms with Crippen LogP contribution in [0.2, 0.25) is 0 Å². The fourth-order valence-electron chi connectivity index (χ4n) is 11.7. The first-order valence-corrected chi connectivity index (χ1v) is 39.4. The average Bonchev–Trinajstić information content (AvgIpc) is 1.57. The number of benzene rings is 7. The number of halogens is 4. The lowest BCUT2D eigenvalue weighted by Gasteiger charge is -2.29. The summed E-state index contributed by atoms with van der Waals surface area (Å²) < 4.78 is 90.2. The first-order valence-electron chi connectivity index (χ1n) is 39.4. The maximum absolute atomic E-state index is 13.4. The van der Waals surface area contributed by atoms with Crippen LogP contribution in [0.5, 0.6) is 5.75 Å². The fourth-order valence-corrected chi connectivity index (χ4v) is 11.7. The smallest absolute Gasteiger partial charge is 0.435 e. The van der Waals surface area contributed by atoms with Crippen LogP contribution in [0.3, 0.4) is 0 Å². The number of hydrogen-bond donors (Lipinski definition) is 3. The molecule has 14 rings (SSSR count). The van der Waals surface area contributed by atoms with Crippen molar-refractivity contribution in [2.75, 3.05) is 16.0 Å². The molecule has 7 heterocycles. The van der Waals surface area contributed by atoms with Crippen molar-refractivity contribution in [2.45, 2.75) is 152 Å². The number of aromatic nitrogens is 10. The number of nitro groups is 3. The summed E-state index contributed by atoms with van der Waals surface area (Å²) in [4.78, 5) is 118. The maximum atomic E-state index is 13.4. The van der Waals surface area contributed by atoms with Gasteiger partial charge in [0.2, 0.25) is 0 Å². The minimum Gasteiger partial charge on any atom is -0.443 e. The van der Waals surface area contributed by atoms with E-state index in [1.807, 2.05) is 31.2 Å². The number of aliphatic imine (C=N–C) groups is 2. The van der Waals surface area contributed by atoms with Gasteiger partial charge in [-0.1, -0.05) is 66.7 Å². The zero-order valence-corrected chi connectivity index (χ0v) is 73.8. The Hall–Kier alpha value is -17.1. The van der Waals surface area contributed by atoms with Gasteiger partial charge in [0.05, 0.1) is 85.3 Å². The number of carbonyl (C=O) groups is 6. The Kier molecular flexibility index (Phi) is 30.8. The Morgan fingerprint density at radius 3 is 1.33 bits per heavy atom. The van der Waals surface area contributed by atoms with Gasteiger partial charge < -0.3 is 39.9 Å². The second-order valence-electron chi connectivity index (χ2n) is 33.1. The van der Waals surface area contributed by atoms with E-state index in [-0.39, 0.29) is 63.1 Å². The number of nitrogens with one attached hydrogen (secondary N) is 1. The minimum absolute atomic E-state index is 0.0252. The number of para-hydroxylation sites is 1. The highest BCUT2D eigenvalue weighted by atomic mass is 19.1. The monoisotopic (exact) mass is 1820 g/mol. The molecule has 686 valence electrons. The number of imide groups is 2. The minimum atomic E-state index is -1.03. The van der Waals surface area contributed by atoms with E-state index in [0.29, 0.717) is 56.9 Å². The summed E-state index contributed by atoms with van der Waals surface area (Å²) in [6, 6.07) is 39.2. The van der Waals surface area contributed by atoms with Crippen LogP contribution < -0.4 is 26.4 Å². The molecule has 2 aliphatic rings. The summed E-state index contributed by atoms with van der Waals surface area (Å²) in [5.74, 6) is -2.15. The predicted octanol–water partition coefficient (Wildman–Crippen LogP) is 17.8. The normalized spacial score (nSPS) is 11.8. The van der Waals surface area contributed by atoms with Crippen LogP contribution in [0.15, 0.2) is 199 Å².